The molecular weight excluding hydrogens is 326 g/mol. The van der Waals surface area contributed by atoms with Crippen LogP contribution in [0.15, 0.2) is 12.1 Å². The van der Waals surface area contributed by atoms with Crippen molar-refractivity contribution in [2.45, 2.75) is 6.92 Å². The molecule has 1 aromatic carbocycles. The van der Waals surface area contributed by atoms with Gasteiger partial charge in [-0.25, -0.2) is 4.39 Å². The summed E-state index contributed by atoms with van der Waals surface area (Å²) in [5.74, 6) is -3.45. The summed E-state index contributed by atoms with van der Waals surface area (Å²) in [5, 5.41) is 11.0. The van der Waals surface area contributed by atoms with E-state index in [-0.39, 0.29) is 13.1 Å². The van der Waals surface area contributed by atoms with Crippen molar-refractivity contribution in [3.63, 3.8) is 0 Å². The number of nitrogens with zero attached hydrogens (tertiary/aromatic N) is 2. The molecule has 0 saturated carbocycles. The lowest BCUT2D eigenvalue weighted by Gasteiger charge is -2.20. The van der Waals surface area contributed by atoms with Gasteiger partial charge in [0.15, 0.2) is 0 Å². The van der Waals surface area contributed by atoms with Gasteiger partial charge in [0.2, 0.25) is 5.82 Å². The van der Waals surface area contributed by atoms with Crippen molar-refractivity contribution in [3.05, 3.63) is 39.4 Å². The zero-order valence-electron chi connectivity index (χ0n) is 10.0. The van der Waals surface area contributed by atoms with Gasteiger partial charge in [-0.15, -0.1) is 0 Å². The molecule has 0 aromatic heterocycles. The number of carbonyl (C=O) groups excluding carboxylic acids is 1. The van der Waals surface area contributed by atoms with E-state index < -0.39 is 33.7 Å². The van der Waals surface area contributed by atoms with E-state index in [0.29, 0.717) is 11.4 Å². The number of nitro benzene ring substituents is 1. The molecule has 0 aliphatic heterocycles. The summed E-state index contributed by atoms with van der Waals surface area (Å²) in [5.41, 5.74) is -1.81. The largest absolute Gasteiger partial charge is 0.338 e. The Labute approximate surface area is 116 Å². The number of carbonyl (C=O) groups is 1. The van der Waals surface area contributed by atoms with Crippen LogP contribution in [-0.2, 0) is 0 Å². The molecule has 5 nitrogen and oxygen atoms in total. The van der Waals surface area contributed by atoms with Gasteiger partial charge in [0.05, 0.1) is 4.92 Å². The number of hydrogen-bond acceptors (Lipinski definition) is 3. The first-order valence-electron chi connectivity index (χ1n) is 5.41. The number of halogens is 3. The first-order valence-corrected chi connectivity index (χ1v) is 6.53. The molecule has 0 bridgehead atoms. The second-order valence-corrected chi connectivity index (χ2v) is 4.38. The smallest absolute Gasteiger partial charge is 0.305 e. The SMILES string of the molecule is CCN(CCBr)C(=O)c1c(F)ccc([N+](=O)[O-])c1F. The maximum absolute atomic E-state index is 13.8. The average molecular weight is 337 g/mol. The van der Waals surface area contributed by atoms with E-state index in [9.17, 15) is 23.7 Å². The van der Waals surface area contributed by atoms with Crippen LogP contribution in [0.4, 0.5) is 14.5 Å². The predicted octanol–water partition coefficient (Wildman–Crippen LogP) is 2.73. The first-order chi connectivity index (χ1) is 8.93. The Bertz CT molecular complexity index is 511. The topological polar surface area (TPSA) is 63.5 Å². The van der Waals surface area contributed by atoms with E-state index in [0.717, 1.165) is 6.07 Å². The molecule has 0 atom stereocenters. The molecule has 0 spiro atoms. The van der Waals surface area contributed by atoms with Gasteiger partial charge in [0.25, 0.3) is 5.91 Å². The molecule has 1 rings (SSSR count). The number of nitro groups is 1. The normalized spacial score (nSPS) is 10.3. The van der Waals surface area contributed by atoms with Crippen LogP contribution in [0, 0.1) is 21.7 Å². The fourth-order valence-corrected chi connectivity index (χ4v) is 1.97. The minimum Gasteiger partial charge on any atom is -0.338 e. The number of hydrogen-bond donors (Lipinski definition) is 0. The van der Waals surface area contributed by atoms with E-state index >= 15 is 0 Å². The van der Waals surface area contributed by atoms with Gasteiger partial charge in [0.1, 0.15) is 11.4 Å². The van der Waals surface area contributed by atoms with Crippen molar-refractivity contribution in [3.8, 4) is 0 Å². The lowest BCUT2D eigenvalue weighted by atomic mass is 10.1. The lowest BCUT2D eigenvalue weighted by molar-refractivity contribution is -0.387. The first kappa shape index (κ1) is 15.5. The Kier molecular flexibility index (Phi) is 5.34. The van der Waals surface area contributed by atoms with Crippen LogP contribution in [0.5, 0.6) is 0 Å². The fourth-order valence-electron chi connectivity index (χ4n) is 1.54. The third-order valence-electron chi connectivity index (χ3n) is 2.50. The van der Waals surface area contributed by atoms with Crippen LogP contribution in [0.2, 0.25) is 0 Å². The van der Waals surface area contributed by atoms with Crippen molar-refractivity contribution in [2.24, 2.45) is 0 Å². The number of amides is 1. The van der Waals surface area contributed by atoms with Crippen molar-refractivity contribution < 1.29 is 18.5 Å². The van der Waals surface area contributed by atoms with Gasteiger partial charge in [-0.05, 0) is 13.0 Å². The van der Waals surface area contributed by atoms with Gasteiger partial charge < -0.3 is 4.90 Å². The Morgan fingerprint density at radius 3 is 2.58 bits per heavy atom. The van der Waals surface area contributed by atoms with Crippen LogP contribution in [0.25, 0.3) is 0 Å². The highest BCUT2D eigenvalue weighted by Gasteiger charge is 2.28. The second-order valence-electron chi connectivity index (χ2n) is 3.59. The molecule has 0 aliphatic rings. The summed E-state index contributed by atoms with van der Waals surface area (Å²) < 4.78 is 27.4. The molecule has 0 N–H and O–H groups in total. The Balaban J connectivity index is 3.29. The molecule has 0 aliphatic carbocycles. The molecule has 0 radical (unpaired) electrons. The highest BCUT2D eigenvalue weighted by atomic mass is 79.9. The van der Waals surface area contributed by atoms with Crippen LogP contribution in [0.3, 0.4) is 0 Å². The molecule has 0 saturated heterocycles. The minimum absolute atomic E-state index is 0.242. The second kappa shape index (κ2) is 6.55. The highest BCUT2D eigenvalue weighted by Crippen LogP contribution is 2.24. The van der Waals surface area contributed by atoms with Crippen molar-refractivity contribution in [1.29, 1.82) is 0 Å². The third kappa shape index (κ3) is 3.25. The van der Waals surface area contributed by atoms with Gasteiger partial charge in [-0.3, -0.25) is 14.9 Å². The maximum atomic E-state index is 13.8. The molecular formula is C11H11BrF2N2O3. The zero-order valence-corrected chi connectivity index (χ0v) is 11.6. The van der Waals surface area contributed by atoms with Gasteiger partial charge in [0, 0.05) is 24.5 Å². The molecule has 8 heteroatoms. The van der Waals surface area contributed by atoms with Crippen molar-refractivity contribution in [2.75, 3.05) is 18.4 Å². The summed E-state index contributed by atoms with van der Waals surface area (Å²) in [6.07, 6.45) is 0. The van der Waals surface area contributed by atoms with Crippen molar-refractivity contribution in [1.82, 2.24) is 4.90 Å². The van der Waals surface area contributed by atoms with E-state index in [1.165, 1.54) is 4.90 Å². The quantitative estimate of drug-likeness (QED) is 0.471. The monoisotopic (exact) mass is 336 g/mol. The number of rotatable bonds is 5. The van der Waals surface area contributed by atoms with Crippen LogP contribution in [-0.4, -0.2) is 34.2 Å². The Morgan fingerprint density at radius 2 is 2.11 bits per heavy atom. The summed E-state index contributed by atoms with van der Waals surface area (Å²) in [6.45, 7) is 2.14. The van der Waals surface area contributed by atoms with E-state index in [1.54, 1.807) is 6.92 Å². The van der Waals surface area contributed by atoms with Crippen LogP contribution >= 0.6 is 15.9 Å². The fraction of sp³-hybridized carbons (Fsp3) is 0.364. The summed E-state index contributed by atoms with van der Waals surface area (Å²) in [7, 11) is 0. The summed E-state index contributed by atoms with van der Waals surface area (Å²) in [4.78, 5) is 22.8. The standard InChI is InChI=1S/C11H11BrF2N2O3/c1-2-15(6-5-12)11(17)9-7(13)3-4-8(10(9)14)16(18)19/h3-4H,2,5-6H2,1H3. The predicted molar refractivity (Wildman–Crippen MR) is 68.4 cm³/mol. The molecule has 1 amide bonds. The van der Waals surface area contributed by atoms with Gasteiger partial charge in [-0.2, -0.15) is 4.39 Å². The molecule has 0 fully saturated rings. The molecule has 19 heavy (non-hydrogen) atoms. The molecule has 0 unspecified atom stereocenters. The van der Waals surface area contributed by atoms with E-state index in [1.807, 2.05) is 0 Å². The van der Waals surface area contributed by atoms with Gasteiger partial charge >= 0.3 is 5.69 Å². The summed E-state index contributed by atoms with van der Waals surface area (Å²) in [6, 6.07) is 1.42. The Morgan fingerprint density at radius 1 is 1.47 bits per heavy atom. The zero-order chi connectivity index (χ0) is 14.6. The number of benzene rings is 1. The van der Waals surface area contributed by atoms with Crippen molar-refractivity contribution >= 4 is 27.5 Å². The third-order valence-corrected chi connectivity index (χ3v) is 2.86. The minimum atomic E-state index is -1.44. The van der Waals surface area contributed by atoms with E-state index in [2.05, 4.69) is 15.9 Å². The van der Waals surface area contributed by atoms with Crippen LogP contribution in [0.1, 0.15) is 17.3 Å². The lowest BCUT2D eigenvalue weighted by Crippen LogP contribution is -2.33. The molecule has 104 valence electrons. The van der Waals surface area contributed by atoms with Gasteiger partial charge in [-0.1, -0.05) is 15.9 Å². The average Bonchev–Trinajstić information content (AvgIpc) is 2.35. The molecule has 1 aromatic rings. The summed E-state index contributed by atoms with van der Waals surface area (Å²) >= 11 is 3.12. The number of alkyl halides is 1. The maximum Gasteiger partial charge on any atom is 0.305 e. The Hall–Kier alpha value is -1.57. The highest BCUT2D eigenvalue weighted by molar-refractivity contribution is 9.09. The van der Waals surface area contributed by atoms with E-state index in [4.69, 9.17) is 0 Å². The van der Waals surface area contributed by atoms with Crippen LogP contribution < -0.4 is 0 Å². The molecule has 0 heterocycles.